The van der Waals surface area contributed by atoms with Gasteiger partial charge in [0, 0.05) is 13.0 Å². The molecule has 0 saturated heterocycles. The molecule has 1 amide bonds. The van der Waals surface area contributed by atoms with E-state index in [4.69, 9.17) is 4.74 Å². The van der Waals surface area contributed by atoms with Crippen molar-refractivity contribution in [3.8, 4) is 0 Å². The first kappa shape index (κ1) is 15.5. The number of amides is 1. The molecule has 0 N–H and O–H groups in total. The zero-order valence-electron chi connectivity index (χ0n) is 11.7. The molecule has 0 saturated carbocycles. The van der Waals surface area contributed by atoms with Crippen molar-refractivity contribution in [2.45, 2.75) is 39.0 Å². The molecule has 19 heavy (non-hydrogen) atoms. The monoisotopic (exact) mass is 265 g/mol. The average molecular weight is 265 g/mol. The lowest BCUT2D eigenvalue weighted by atomic mass is 9.97. The second-order valence-corrected chi connectivity index (χ2v) is 4.65. The van der Waals surface area contributed by atoms with Crippen LogP contribution in [0.2, 0.25) is 0 Å². The Morgan fingerprint density at radius 3 is 2.84 bits per heavy atom. The Hall–Kier alpha value is -1.58. The summed E-state index contributed by atoms with van der Waals surface area (Å²) in [6.07, 6.45) is 8.60. The van der Waals surface area contributed by atoms with Crippen LogP contribution in [0.3, 0.4) is 0 Å². The van der Waals surface area contributed by atoms with Crippen LogP contribution in [0.25, 0.3) is 0 Å². The van der Waals surface area contributed by atoms with Gasteiger partial charge in [-0.05, 0) is 32.6 Å². The van der Waals surface area contributed by atoms with Crippen molar-refractivity contribution in [2.24, 2.45) is 0 Å². The summed E-state index contributed by atoms with van der Waals surface area (Å²) in [7, 11) is 0. The third kappa shape index (κ3) is 5.73. The molecule has 0 atom stereocenters. The van der Waals surface area contributed by atoms with Crippen LogP contribution < -0.4 is 0 Å². The van der Waals surface area contributed by atoms with E-state index < -0.39 is 0 Å². The first-order valence-corrected chi connectivity index (χ1v) is 6.89. The Balaban J connectivity index is 2.53. The molecular weight excluding hydrogens is 242 g/mol. The molecule has 0 fully saturated rings. The van der Waals surface area contributed by atoms with Crippen LogP contribution >= 0.6 is 0 Å². The Morgan fingerprint density at radius 1 is 1.47 bits per heavy atom. The van der Waals surface area contributed by atoms with Gasteiger partial charge in [0.05, 0.1) is 6.61 Å². The lowest BCUT2D eigenvalue weighted by molar-refractivity contribution is -0.148. The highest BCUT2D eigenvalue weighted by molar-refractivity contribution is 5.83. The van der Waals surface area contributed by atoms with Crippen molar-refractivity contribution in [3.05, 3.63) is 24.3 Å². The van der Waals surface area contributed by atoms with Crippen LogP contribution in [0.1, 0.15) is 39.0 Å². The van der Waals surface area contributed by atoms with E-state index in [-0.39, 0.29) is 18.4 Å². The molecule has 0 aromatic heterocycles. The molecule has 4 heteroatoms. The van der Waals surface area contributed by atoms with Crippen molar-refractivity contribution < 1.29 is 14.3 Å². The number of carbonyl (C=O) groups is 2. The van der Waals surface area contributed by atoms with Gasteiger partial charge in [-0.25, -0.2) is 0 Å². The Bertz CT molecular complexity index is 360. The van der Waals surface area contributed by atoms with E-state index in [0.29, 0.717) is 19.6 Å². The fraction of sp³-hybridized carbons (Fsp3) is 0.600. The highest BCUT2D eigenvalue weighted by atomic mass is 16.5. The number of nitrogens with zero attached hydrogens (tertiary/aromatic N) is 1. The Morgan fingerprint density at radius 2 is 2.26 bits per heavy atom. The second-order valence-electron chi connectivity index (χ2n) is 4.65. The van der Waals surface area contributed by atoms with Gasteiger partial charge in [-0.15, -0.1) is 6.58 Å². The molecule has 4 nitrogen and oxygen atoms in total. The first-order chi connectivity index (χ1) is 9.17. The molecule has 1 aliphatic rings. The Labute approximate surface area is 115 Å². The number of rotatable bonds is 7. The SMILES string of the molecule is C=CCN(CC(=O)OCC)C(=O)CC1=CCCCC1. The van der Waals surface area contributed by atoms with E-state index in [1.54, 1.807) is 13.0 Å². The molecule has 0 aliphatic heterocycles. The zero-order valence-corrected chi connectivity index (χ0v) is 11.7. The summed E-state index contributed by atoms with van der Waals surface area (Å²) >= 11 is 0. The number of carbonyl (C=O) groups excluding carboxylic acids is 2. The molecule has 106 valence electrons. The van der Waals surface area contributed by atoms with Crippen molar-refractivity contribution in [2.75, 3.05) is 19.7 Å². The molecule has 0 spiro atoms. The summed E-state index contributed by atoms with van der Waals surface area (Å²) in [5.41, 5.74) is 1.19. The fourth-order valence-electron chi connectivity index (χ4n) is 2.14. The van der Waals surface area contributed by atoms with E-state index >= 15 is 0 Å². The molecule has 0 radical (unpaired) electrons. The maximum atomic E-state index is 12.2. The summed E-state index contributed by atoms with van der Waals surface area (Å²) < 4.78 is 4.88. The predicted octanol–water partition coefficient (Wildman–Crippen LogP) is 2.45. The number of allylic oxidation sites excluding steroid dienone is 1. The van der Waals surface area contributed by atoms with Crippen LogP contribution in [-0.2, 0) is 14.3 Å². The summed E-state index contributed by atoms with van der Waals surface area (Å²) in [5, 5.41) is 0. The summed E-state index contributed by atoms with van der Waals surface area (Å²) in [4.78, 5) is 25.1. The molecule has 0 aromatic carbocycles. The first-order valence-electron chi connectivity index (χ1n) is 6.89. The van der Waals surface area contributed by atoms with Gasteiger partial charge in [-0.3, -0.25) is 9.59 Å². The lowest BCUT2D eigenvalue weighted by Crippen LogP contribution is -2.36. The third-order valence-electron chi connectivity index (χ3n) is 3.09. The molecule has 1 aliphatic carbocycles. The van der Waals surface area contributed by atoms with E-state index in [0.717, 1.165) is 19.3 Å². The van der Waals surface area contributed by atoms with Gasteiger partial charge in [0.1, 0.15) is 6.54 Å². The average Bonchev–Trinajstić information content (AvgIpc) is 2.39. The van der Waals surface area contributed by atoms with Crippen LogP contribution in [0, 0.1) is 0 Å². The minimum atomic E-state index is -0.365. The predicted molar refractivity (Wildman–Crippen MR) is 74.6 cm³/mol. The number of ether oxygens (including phenoxy) is 1. The maximum Gasteiger partial charge on any atom is 0.325 e. The summed E-state index contributed by atoms with van der Waals surface area (Å²) in [6.45, 7) is 6.10. The minimum absolute atomic E-state index is 0.00593. The van der Waals surface area contributed by atoms with Crippen LogP contribution in [0.4, 0.5) is 0 Å². The van der Waals surface area contributed by atoms with Crippen molar-refractivity contribution in [1.29, 1.82) is 0 Å². The van der Waals surface area contributed by atoms with Gasteiger partial charge < -0.3 is 9.64 Å². The maximum absolute atomic E-state index is 12.2. The molecule has 0 heterocycles. The van der Waals surface area contributed by atoms with Crippen LogP contribution in [-0.4, -0.2) is 36.5 Å². The highest BCUT2D eigenvalue weighted by Gasteiger charge is 2.18. The lowest BCUT2D eigenvalue weighted by Gasteiger charge is -2.21. The fourth-order valence-corrected chi connectivity index (χ4v) is 2.14. The Kier molecular flexibility index (Phi) is 6.93. The van der Waals surface area contributed by atoms with Gasteiger partial charge in [-0.1, -0.05) is 17.7 Å². The molecular formula is C15H23NO3. The topological polar surface area (TPSA) is 46.6 Å². The quantitative estimate of drug-likeness (QED) is 0.525. The molecule has 1 rings (SSSR count). The smallest absolute Gasteiger partial charge is 0.325 e. The van der Waals surface area contributed by atoms with Gasteiger partial charge in [0.2, 0.25) is 5.91 Å². The number of hydrogen-bond donors (Lipinski definition) is 0. The second kappa shape index (κ2) is 8.51. The van der Waals surface area contributed by atoms with Crippen molar-refractivity contribution >= 4 is 11.9 Å². The standard InChI is InChI=1S/C15H23NO3/c1-3-10-16(12-15(18)19-4-2)14(17)11-13-8-6-5-7-9-13/h3,8H,1,4-7,9-12H2,2H3. The summed E-state index contributed by atoms with van der Waals surface area (Å²) in [5.74, 6) is -0.392. The van der Waals surface area contributed by atoms with Crippen molar-refractivity contribution in [1.82, 2.24) is 4.90 Å². The van der Waals surface area contributed by atoms with Gasteiger partial charge >= 0.3 is 5.97 Å². The number of esters is 1. The zero-order chi connectivity index (χ0) is 14.1. The minimum Gasteiger partial charge on any atom is -0.465 e. The van der Waals surface area contributed by atoms with Crippen LogP contribution in [0.5, 0.6) is 0 Å². The molecule has 0 aromatic rings. The van der Waals surface area contributed by atoms with E-state index in [2.05, 4.69) is 12.7 Å². The van der Waals surface area contributed by atoms with Crippen molar-refractivity contribution in [3.63, 3.8) is 0 Å². The van der Waals surface area contributed by atoms with E-state index in [1.807, 2.05) is 0 Å². The van der Waals surface area contributed by atoms with Gasteiger partial charge in [-0.2, -0.15) is 0 Å². The largest absolute Gasteiger partial charge is 0.465 e. The highest BCUT2D eigenvalue weighted by Crippen LogP contribution is 2.20. The van der Waals surface area contributed by atoms with Gasteiger partial charge in [0.15, 0.2) is 0 Å². The third-order valence-corrected chi connectivity index (χ3v) is 3.09. The normalized spacial score (nSPS) is 14.5. The van der Waals surface area contributed by atoms with Gasteiger partial charge in [0.25, 0.3) is 0 Å². The molecule has 0 unspecified atom stereocenters. The number of hydrogen-bond acceptors (Lipinski definition) is 3. The summed E-state index contributed by atoms with van der Waals surface area (Å²) in [6, 6.07) is 0. The van der Waals surface area contributed by atoms with E-state index in [9.17, 15) is 9.59 Å². The van der Waals surface area contributed by atoms with E-state index in [1.165, 1.54) is 16.9 Å². The van der Waals surface area contributed by atoms with Crippen LogP contribution in [0.15, 0.2) is 24.3 Å². The molecule has 0 bridgehead atoms.